The average molecular weight is 448 g/mol. The largest absolute Gasteiger partial charge is 0.361 e. The Kier molecular flexibility index (Phi) is 6.39. The summed E-state index contributed by atoms with van der Waals surface area (Å²) in [6.45, 7) is 2.23. The minimum Gasteiger partial charge on any atom is -0.361 e. The zero-order valence-electron chi connectivity index (χ0n) is 17.7. The molecule has 7 heteroatoms. The maximum absolute atomic E-state index is 12.8. The number of fused-ring (bicyclic) bond motifs is 1. The lowest BCUT2D eigenvalue weighted by atomic mass is 10.1. The van der Waals surface area contributed by atoms with E-state index in [2.05, 4.69) is 15.0 Å². The summed E-state index contributed by atoms with van der Waals surface area (Å²) in [4.78, 5) is 15.9. The maximum atomic E-state index is 12.8. The number of H-pyrrole nitrogens is 1. The summed E-state index contributed by atoms with van der Waals surface area (Å²) in [6, 6.07) is 23.0. The summed E-state index contributed by atoms with van der Waals surface area (Å²) in [5, 5.41) is 4.01. The number of aromatic amines is 1. The molecule has 0 saturated carbocycles. The highest BCUT2D eigenvalue weighted by molar-refractivity contribution is 7.89. The van der Waals surface area contributed by atoms with E-state index in [-0.39, 0.29) is 10.8 Å². The number of benzene rings is 3. The molecule has 1 atom stereocenters. The van der Waals surface area contributed by atoms with Gasteiger partial charge in [0.25, 0.3) is 5.91 Å². The lowest BCUT2D eigenvalue weighted by Crippen LogP contribution is -2.28. The molecule has 0 fully saturated rings. The van der Waals surface area contributed by atoms with Crippen molar-refractivity contribution in [3.63, 3.8) is 0 Å². The molecule has 3 aromatic carbocycles. The number of carbonyl (C=O) groups is 1. The van der Waals surface area contributed by atoms with Crippen LogP contribution in [0.4, 0.5) is 0 Å². The Morgan fingerprint density at radius 1 is 0.969 bits per heavy atom. The second-order valence-electron chi connectivity index (χ2n) is 7.65. The smallest absolute Gasteiger partial charge is 0.251 e. The standard InChI is InChI=1S/C25H25N3O3S/c1-18(19-8-3-2-4-9-19)28-32(30,31)22-11-7-10-20(16-22)25(29)26-15-14-21-17-27-24-13-6-5-12-23(21)24/h2-13,16-18,27-28H,14-15H2,1H3,(H,26,29). The van der Waals surface area contributed by atoms with Gasteiger partial charge in [0.05, 0.1) is 4.90 Å². The number of hydrogen-bond acceptors (Lipinski definition) is 3. The van der Waals surface area contributed by atoms with Gasteiger partial charge < -0.3 is 10.3 Å². The van der Waals surface area contributed by atoms with Crippen molar-refractivity contribution in [2.75, 3.05) is 6.54 Å². The van der Waals surface area contributed by atoms with Crippen LogP contribution >= 0.6 is 0 Å². The first-order chi connectivity index (χ1) is 15.4. The van der Waals surface area contributed by atoms with E-state index < -0.39 is 16.1 Å². The highest BCUT2D eigenvalue weighted by Gasteiger charge is 2.19. The number of rotatable bonds is 8. The molecule has 32 heavy (non-hydrogen) atoms. The second-order valence-corrected chi connectivity index (χ2v) is 9.36. The van der Waals surface area contributed by atoms with Crippen LogP contribution < -0.4 is 10.0 Å². The Morgan fingerprint density at radius 2 is 1.72 bits per heavy atom. The zero-order chi connectivity index (χ0) is 22.6. The van der Waals surface area contributed by atoms with E-state index in [1.807, 2.05) is 60.8 Å². The Morgan fingerprint density at radius 3 is 2.53 bits per heavy atom. The molecule has 0 aliphatic rings. The van der Waals surface area contributed by atoms with Crippen LogP contribution in [-0.2, 0) is 16.4 Å². The molecule has 0 bridgehead atoms. The molecule has 4 aromatic rings. The molecule has 1 unspecified atom stereocenters. The average Bonchev–Trinajstić information content (AvgIpc) is 3.22. The second kappa shape index (κ2) is 9.38. The fraction of sp³-hybridized carbons (Fsp3) is 0.160. The molecule has 0 radical (unpaired) electrons. The predicted molar refractivity (Wildman–Crippen MR) is 126 cm³/mol. The Labute approximate surface area is 187 Å². The number of hydrogen-bond donors (Lipinski definition) is 3. The highest BCUT2D eigenvalue weighted by atomic mass is 32.2. The summed E-state index contributed by atoms with van der Waals surface area (Å²) in [5.41, 5.74) is 3.35. The molecular weight excluding hydrogens is 422 g/mol. The maximum Gasteiger partial charge on any atom is 0.251 e. The number of sulfonamides is 1. The van der Waals surface area contributed by atoms with Gasteiger partial charge >= 0.3 is 0 Å². The van der Waals surface area contributed by atoms with Crippen molar-refractivity contribution in [3.8, 4) is 0 Å². The number of nitrogens with one attached hydrogen (secondary N) is 3. The van der Waals surface area contributed by atoms with Crippen LogP contribution in [-0.4, -0.2) is 25.9 Å². The van der Waals surface area contributed by atoms with Gasteiger partial charge in [0.1, 0.15) is 0 Å². The first-order valence-corrected chi connectivity index (χ1v) is 11.9. The van der Waals surface area contributed by atoms with Crippen LogP contribution in [0.1, 0.15) is 34.5 Å². The predicted octanol–water partition coefficient (Wildman–Crippen LogP) is 4.18. The van der Waals surface area contributed by atoms with Crippen molar-refractivity contribution in [3.05, 3.63) is 102 Å². The van der Waals surface area contributed by atoms with Crippen molar-refractivity contribution < 1.29 is 13.2 Å². The summed E-state index contributed by atoms with van der Waals surface area (Å²) >= 11 is 0. The normalized spacial score (nSPS) is 12.5. The van der Waals surface area contributed by atoms with Gasteiger partial charge in [0.15, 0.2) is 0 Å². The molecule has 0 saturated heterocycles. The number of aromatic nitrogens is 1. The van der Waals surface area contributed by atoms with Gasteiger partial charge in [-0.2, -0.15) is 0 Å². The quantitative estimate of drug-likeness (QED) is 0.378. The molecule has 6 nitrogen and oxygen atoms in total. The lowest BCUT2D eigenvalue weighted by molar-refractivity contribution is 0.0954. The van der Waals surface area contributed by atoms with E-state index in [0.29, 0.717) is 18.5 Å². The molecule has 1 aromatic heterocycles. The highest BCUT2D eigenvalue weighted by Crippen LogP contribution is 2.19. The third-order valence-electron chi connectivity index (χ3n) is 5.39. The molecular formula is C25H25N3O3S. The van der Waals surface area contributed by atoms with Crippen LogP contribution in [0.5, 0.6) is 0 Å². The van der Waals surface area contributed by atoms with Crippen LogP contribution in [0.25, 0.3) is 10.9 Å². The van der Waals surface area contributed by atoms with E-state index >= 15 is 0 Å². The van der Waals surface area contributed by atoms with Crippen LogP contribution in [0.15, 0.2) is 90.0 Å². The van der Waals surface area contributed by atoms with Gasteiger partial charge in [-0.3, -0.25) is 4.79 Å². The number of amides is 1. The van der Waals surface area contributed by atoms with Crippen molar-refractivity contribution in [1.82, 2.24) is 15.0 Å². The summed E-state index contributed by atoms with van der Waals surface area (Å²) in [5.74, 6) is -0.307. The first-order valence-electron chi connectivity index (χ1n) is 10.4. The minimum atomic E-state index is -3.78. The van der Waals surface area contributed by atoms with Gasteiger partial charge in [0.2, 0.25) is 10.0 Å². The molecule has 0 aliphatic carbocycles. The van der Waals surface area contributed by atoms with Crippen molar-refractivity contribution in [1.29, 1.82) is 0 Å². The van der Waals surface area contributed by atoms with Gasteiger partial charge in [-0.05, 0) is 48.7 Å². The fourth-order valence-corrected chi connectivity index (χ4v) is 4.94. The van der Waals surface area contributed by atoms with Gasteiger partial charge in [-0.15, -0.1) is 0 Å². The van der Waals surface area contributed by atoms with Gasteiger partial charge in [-0.25, -0.2) is 13.1 Å². The molecule has 0 aliphatic heterocycles. The Balaban J connectivity index is 1.41. The monoisotopic (exact) mass is 447 g/mol. The Bertz CT molecular complexity index is 1330. The number of carbonyl (C=O) groups excluding carboxylic acids is 1. The summed E-state index contributed by atoms with van der Waals surface area (Å²) in [6.07, 6.45) is 2.62. The van der Waals surface area contributed by atoms with Crippen LogP contribution in [0, 0.1) is 0 Å². The van der Waals surface area contributed by atoms with Crippen molar-refractivity contribution in [2.45, 2.75) is 24.3 Å². The molecule has 4 rings (SSSR count). The first kappa shape index (κ1) is 21.8. The van der Waals surface area contributed by atoms with Crippen LogP contribution in [0.2, 0.25) is 0 Å². The SMILES string of the molecule is CC(NS(=O)(=O)c1cccc(C(=O)NCCc2c[nH]c3ccccc23)c1)c1ccccc1. The molecule has 164 valence electrons. The van der Waals surface area contributed by atoms with E-state index in [0.717, 1.165) is 22.0 Å². The lowest BCUT2D eigenvalue weighted by Gasteiger charge is -2.15. The van der Waals surface area contributed by atoms with Crippen LogP contribution in [0.3, 0.4) is 0 Å². The van der Waals surface area contributed by atoms with E-state index in [1.165, 1.54) is 12.1 Å². The molecule has 1 amide bonds. The van der Waals surface area contributed by atoms with Crippen molar-refractivity contribution >= 4 is 26.8 Å². The topological polar surface area (TPSA) is 91.1 Å². The Hall–Kier alpha value is -3.42. The molecule has 0 spiro atoms. The molecule has 3 N–H and O–H groups in total. The van der Waals surface area contributed by atoms with E-state index in [1.54, 1.807) is 19.1 Å². The minimum absolute atomic E-state index is 0.0598. The van der Waals surface area contributed by atoms with E-state index in [9.17, 15) is 13.2 Å². The number of para-hydroxylation sites is 1. The third kappa shape index (κ3) is 4.90. The van der Waals surface area contributed by atoms with E-state index in [4.69, 9.17) is 0 Å². The summed E-state index contributed by atoms with van der Waals surface area (Å²) < 4.78 is 28.3. The van der Waals surface area contributed by atoms with Gasteiger partial charge in [0, 0.05) is 35.2 Å². The zero-order valence-corrected chi connectivity index (χ0v) is 18.5. The fourth-order valence-electron chi connectivity index (χ4n) is 3.67. The summed E-state index contributed by atoms with van der Waals surface area (Å²) in [7, 11) is -3.78. The third-order valence-corrected chi connectivity index (χ3v) is 6.93. The van der Waals surface area contributed by atoms with Crippen molar-refractivity contribution in [2.24, 2.45) is 0 Å². The van der Waals surface area contributed by atoms with Gasteiger partial charge in [-0.1, -0.05) is 54.6 Å². The molecule has 1 heterocycles.